The van der Waals surface area contributed by atoms with Crippen LogP contribution in [-0.2, 0) is 10.4 Å². The van der Waals surface area contributed by atoms with E-state index in [-0.39, 0.29) is 5.71 Å². The van der Waals surface area contributed by atoms with Gasteiger partial charge in [-0.05, 0) is 41.6 Å². The zero-order valence-electron chi connectivity index (χ0n) is 13.3. The number of aryl methyl sites for hydroxylation is 1. The minimum atomic E-state index is -4.82. The second-order valence-electron chi connectivity index (χ2n) is 5.96. The standard InChI is InChI=1S/C17H12Cl2F4NOP/c1-8-4-9(2-3-14(8)26)13-7-16(25-24-13,17(21,22)23)10-5-11(18)15(20)12(19)6-10/h2-6H,7,26H2,1H3. The Kier molecular flexibility index (Phi) is 4.97. The van der Waals surface area contributed by atoms with Gasteiger partial charge >= 0.3 is 6.18 Å². The lowest BCUT2D eigenvalue weighted by molar-refractivity contribution is -0.275. The zero-order chi connectivity index (χ0) is 19.3. The molecular weight excluding hydrogens is 412 g/mol. The van der Waals surface area contributed by atoms with E-state index in [2.05, 4.69) is 14.4 Å². The molecule has 9 heteroatoms. The summed E-state index contributed by atoms with van der Waals surface area (Å²) in [7, 11) is 2.54. The minimum Gasteiger partial charge on any atom is -0.374 e. The first kappa shape index (κ1) is 19.4. The molecule has 1 heterocycles. The summed E-state index contributed by atoms with van der Waals surface area (Å²) in [5.74, 6) is -0.986. The van der Waals surface area contributed by atoms with Gasteiger partial charge < -0.3 is 4.84 Å². The molecule has 26 heavy (non-hydrogen) atoms. The topological polar surface area (TPSA) is 21.6 Å². The highest BCUT2D eigenvalue weighted by atomic mass is 35.5. The molecule has 0 amide bonds. The third-order valence-electron chi connectivity index (χ3n) is 4.24. The van der Waals surface area contributed by atoms with Crippen molar-refractivity contribution in [2.45, 2.75) is 25.1 Å². The predicted molar refractivity (Wildman–Crippen MR) is 96.9 cm³/mol. The zero-order valence-corrected chi connectivity index (χ0v) is 16.0. The Labute approximate surface area is 159 Å². The second-order valence-corrected chi connectivity index (χ2v) is 7.39. The molecule has 138 valence electrons. The molecule has 0 aromatic heterocycles. The van der Waals surface area contributed by atoms with Gasteiger partial charge in [0.25, 0.3) is 5.60 Å². The van der Waals surface area contributed by atoms with E-state index in [0.717, 1.165) is 23.0 Å². The SMILES string of the molecule is Cc1cc(C2=NOC(c3cc(Cl)c(F)c(Cl)c3)(C(F)(F)F)C2)ccc1P. The Bertz CT molecular complexity index is 893. The molecule has 3 rings (SSSR count). The van der Waals surface area contributed by atoms with Gasteiger partial charge in [0.15, 0.2) is 5.82 Å². The largest absolute Gasteiger partial charge is 0.435 e. The molecule has 2 atom stereocenters. The summed E-state index contributed by atoms with van der Waals surface area (Å²) >= 11 is 11.4. The van der Waals surface area contributed by atoms with Gasteiger partial charge in [-0.3, -0.25) is 0 Å². The van der Waals surface area contributed by atoms with E-state index >= 15 is 0 Å². The molecule has 1 aliphatic rings. The van der Waals surface area contributed by atoms with Crippen LogP contribution in [0, 0.1) is 12.7 Å². The van der Waals surface area contributed by atoms with Gasteiger partial charge in [0.1, 0.15) is 0 Å². The summed E-state index contributed by atoms with van der Waals surface area (Å²) in [6.07, 6.45) is -5.40. The summed E-state index contributed by atoms with van der Waals surface area (Å²) in [6.45, 7) is 1.83. The molecule has 0 bridgehead atoms. The molecule has 0 spiro atoms. The lowest BCUT2D eigenvalue weighted by Crippen LogP contribution is -2.42. The highest BCUT2D eigenvalue weighted by molar-refractivity contribution is 7.27. The van der Waals surface area contributed by atoms with E-state index in [0.29, 0.717) is 5.56 Å². The maximum Gasteiger partial charge on any atom is 0.435 e. The molecule has 0 aliphatic carbocycles. The number of hydrogen-bond acceptors (Lipinski definition) is 2. The summed E-state index contributed by atoms with van der Waals surface area (Å²) in [5, 5.41) is 3.55. The monoisotopic (exact) mass is 423 g/mol. The van der Waals surface area contributed by atoms with Crippen LogP contribution in [0.4, 0.5) is 17.6 Å². The third kappa shape index (κ3) is 3.19. The summed E-state index contributed by atoms with van der Waals surface area (Å²) < 4.78 is 55.4. The number of oxime groups is 1. The molecule has 2 aromatic rings. The predicted octanol–water partition coefficient (Wildman–Crippen LogP) is 5.52. The quantitative estimate of drug-likeness (QED) is 0.353. The van der Waals surface area contributed by atoms with Crippen molar-refractivity contribution in [2.75, 3.05) is 0 Å². The van der Waals surface area contributed by atoms with Crippen molar-refractivity contribution < 1.29 is 22.4 Å². The molecular formula is C17H12Cl2F4NOP. The van der Waals surface area contributed by atoms with Crippen molar-refractivity contribution in [2.24, 2.45) is 5.16 Å². The maximum absolute atomic E-state index is 13.9. The number of rotatable bonds is 2. The van der Waals surface area contributed by atoms with Gasteiger partial charge in [0.2, 0.25) is 0 Å². The highest BCUT2D eigenvalue weighted by Gasteiger charge is 2.62. The van der Waals surface area contributed by atoms with Crippen LogP contribution in [0.3, 0.4) is 0 Å². The Hall–Kier alpha value is -1.36. The molecule has 0 fully saturated rings. The number of alkyl halides is 3. The van der Waals surface area contributed by atoms with Gasteiger partial charge in [-0.1, -0.05) is 40.5 Å². The fourth-order valence-electron chi connectivity index (χ4n) is 2.70. The van der Waals surface area contributed by atoms with Crippen molar-refractivity contribution in [3.05, 3.63) is 62.9 Å². The molecule has 2 aromatic carbocycles. The lowest BCUT2D eigenvalue weighted by atomic mass is 9.86. The Morgan fingerprint density at radius 3 is 2.31 bits per heavy atom. The first-order valence-corrected chi connectivity index (χ1v) is 8.72. The van der Waals surface area contributed by atoms with E-state index in [9.17, 15) is 17.6 Å². The molecule has 1 aliphatic heterocycles. The molecule has 0 N–H and O–H groups in total. The summed E-state index contributed by atoms with van der Waals surface area (Å²) in [5.41, 5.74) is -1.66. The van der Waals surface area contributed by atoms with E-state index in [1.165, 1.54) is 0 Å². The fourth-order valence-corrected chi connectivity index (χ4v) is 3.37. The second kappa shape index (κ2) is 6.66. The normalized spacial score (nSPS) is 20.1. The Balaban J connectivity index is 2.06. The van der Waals surface area contributed by atoms with Crippen molar-refractivity contribution >= 4 is 43.5 Å². The average Bonchev–Trinajstić information content (AvgIpc) is 3.01. The first-order valence-electron chi connectivity index (χ1n) is 7.38. The molecule has 0 saturated carbocycles. The van der Waals surface area contributed by atoms with Crippen molar-refractivity contribution in [3.63, 3.8) is 0 Å². The van der Waals surface area contributed by atoms with E-state index in [4.69, 9.17) is 28.0 Å². The minimum absolute atomic E-state index is 0.131. The van der Waals surface area contributed by atoms with Crippen LogP contribution in [0.1, 0.15) is 23.1 Å². The van der Waals surface area contributed by atoms with Gasteiger partial charge in [-0.15, -0.1) is 9.24 Å². The molecule has 0 saturated heterocycles. The number of halogens is 6. The van der Waals surface area contributed by atoms with Gasteiger partial charge in [0, 0.05) is 12.0 Å². The molecule has 2 nitrogen and oxygen atoms in total. The number of benzene rings is 2. The summed E-state index contributed by atoms with van der Waals surface area (Å²) in [4.78, 5) is 4.90. The van der Waals surface area contributed by atoms with Crippen LogP contribution in [0.25, 0.3) is 0 Å². The van der Waals surface area contributed by atoms with Crippen LogP contribution in [0.5, 0.6) is 0 Å². The average molecular weight is 424 g/mol. The fraction of sp³-hybridized carbons (Fsp3) is 0.235. The van der Waals surface area contributed by atoms with Gasteiger partial charge in [-0.2, -0.15) is 13.2 Å². The Morgan fingerprint density at radius 2 is 1.77 bits per heavy atom. The van der Waals surface area contributed by atoms with Crippen LogP contribution >= 0.6 is 32.4 Å². The summed E-state index contributed by atoms with van der Waals surface area (Å²) in [6, 6.07) is 6.88. The van der Waals surface area contributed by atoms with Crippen molar-refractivity contribution in [3.8, 4) is 0 Å². The van der Waals surface area contributed by atoms with Gasteiger partial charge in [0.05, 0.1) is 15.8 Å². The van der Waals surface area contributed by atoms with E-state index < -0.39 is 39.6 Å². The first-order chi connectivity index (χ1) is 12.0. The molecule has 0 radical (unpaired) electrons. The molecule has 2 unspecified atom stereocenters. The third-order valence-corrected chi connectivity index (χ3v) is 5.44. The van der Waals surface area contributed by atoms with Crippen LogP contribution in [0.15, 0.2) is 35.5 Å². The van der Waals surface area contributed by atoms with Gasteiger partial charge in [-0.25, -0.2) is 4.39 Å². The lowest BCUT2D eigenvalue weighted by Gasteiger charge is -2.29. The van der Waals surface area contributed by atoms with Crippen molar-refractivity contribution in [1.82, 2.24) is 0 Å². The van der Waals surface area contributed by atoms with Crippen molar-refractivity contribution in [1.29, 1.82) is 0 Å². The van der Waals surface area contributed by atoms with Crippen LogP contribution in [0.2, 0.25) is 10.0 Å². The maximum atomic E-state index is 13.9. The number of nitrogens with zero attached hydrogens (tertiary/aromatic N) is 1. The van der Waals surface area contributed by atoms with Crippen LogP contribution in [-0.4, -0.2) is 11.9 Å². The van der Waals surface area contributed by atoms with Crippen LogP contribution < -0.4 is 5.30 Å². The Morgan fingerprint density at radius 1 is 1.15 bits per heavy atom. The number of hydrogen-bond donors (Lipinski definition) is 0. The smallest absolute Gasteiger partial charge is 0.374 e. The highest BCUT2D eigenvalue weighted by Crippen LogP contribution is 2.50. The van der Waals surface area contributed by atoms with E-state index in [1.807, 2.05) is 6.92 Å². The van der Waals surface area contributed by atoms with E-state index in [1.54, 1.807) is 18.2 Å².